The van der Waals surface area contributed by atoms with Crippen LogP contribution >= 0.6 is 0 Å². The summed E-state index contributed by atoms with van der Waals surface area (Å²) >= 11 is 0. The van der Waals surface area contributed by atoms with Crippen LogP contribution in [0.1, 0.15) is 0 Å². The summed E-state index contributed by atoms with van der Waals surface area (Å²) in [6.45, 7) is 0. The number of rotatable bonds is 2. The molecule has 0 amide bonds. The predicted octanol–water partition coefficient (Wildman–Crippen LogP) is 8.25. The molecule has 0 saturated carbocycles. The van der Waals surface area contributed by atoms with Gasteiger partial charge in [-0.05, 0) is 68.7 Å². The molecule has 0 aliphatic rings. The topological polar surface area (TPSA) is 14.2 Å². The Morgan fingerprint density at radius 3 is 1.55 bits per heavy atom. The lowest BCUT2D eigenvalue weighted by Gasteiger charge is -2.14. The molecule has 7 aromatic rings. The van der Waals surface area contributed by atoms with E-state index in [1.54, 1.807) is 7.11 Å². The van der Waals surface area contributed by atoms with Crippen molar-refractivity contribution in [3.63, 3.8) is 0 Å². The van der Waals surface area contributed by atoms with Gasteiger partial charge >= 0.3 is 0 Å². The van der Waals surface area contributed by atoms with Crippen LogP contribution in [0.2, 0.25) is 0 Å². The van der Waals surface area contributed by atoms with Crippen molar-refractivity contribution in [2.75, 3.05) is 7.11 Å². The lowest BCUT2D eigenvalue weighted by molar-refractivity contribution is 0.415. The molecule has 0 radical (unpaired) electrons. The molecule has 2 heteroatoms. The van der Waals surface area contributed by atoms with Gasteiger partial charge in [-0.3, -0.25) is 0 Å². The van der Waals surface area contributed by atoms with Crippen LogP contribution in [0.5, 0.6) is 5.75 Å². The van der Waals surface area contributed by atoms with Crippen LogP contribution in [0.15, 0.2) is 109 Å². The molecule has 6 aromatic carbocycles. The minimum absolute atomic E-state index is 0.883. The second-order valence-corrected chi connectivity index (χ2v) is 8.56. The summed E-state index contributed by atoms with van der Waals surface area (Å²) in [7, 11) is 1.72. The highest BCUT2D eigenvalue weighted by atomic mass is 16.5. The molecule has 2 nitrogen and oxygen atoms in total. The third-order valence-corrected chi connectivity index (χ3v) is 6.87. The van der Waals surface area contributed by atoms with E-state index in [1.807, 2.05) is 0 Å². The van der Waals surface area contributed by atoms with Gasteiger partial charge in [-0.2, -0.15) is 0 Å². The highest BCUT2D eigenvalue weighted by Gasteiger charge is 2.14. The standard InChI is InChI=1S/C31H21NO/c1-33-21-15-17-25-24-16-14-20(18-28(24)22-8-2-3-9-23(22)29(25)19-21)32-30-12-6-4-10-26(30)27-11-5-7-13-31(27)32/h2-19H,1H3. The number of nitrogens with zero attached hydrogens (tertiary/aromatic N) is 1. The smallest absolute Gasteiger partial charge is 0.119 e. The van der Waals surface area contributed by atoms with E-state index >= 15 is 0 Å². The van der Waals surface area contributed by atoms with E-state index in [0.717, 1.165) is 5.75 Å². The molecular weight excluding hydrogens is 402 g/mol. The summed E-state index contributed by atoms with van der Waals surface area (Å²) in [5, 5.41) is 10.1. The first-order valence-corrected chi connectivity index (χ1v) is 11.2. The Labute approximate surface area is 191 Å². The summed E-state index contributed by atoms with van der Waals surface area (Å²) in [6, 6.07) is 39.3. The predicted molar refractivity (Wildman–Crippen MR) is 140 cm³/mol. The van der Waals surface area contributed by atoms with Crippen molar-refractivity contribution in [3.05, 3.63) is 109 Å². The summed E-state index contributed by atoms with van der Waals surface area (Å²) in [6.07, 6.45) is 0. The molecule has 0 bridgehead atoms. The zero-order valence-corrected chi connectivity index (χ0v) is 18.2. The third-order valence-electron chi connectivity index (χ3n) is 6.87. The Hall–Kier alpha value is -4.30. The normalized spacial score (nSPS) is 11.8. The fourth-order valence-electron chi connectivity index (χ4n) is 5.39. The van der Waals surface area contributed by atoms with Crippen LogP contribution in [0.4, 0.5) is 0 Å². The average Bonchev–Trinajstić information content (AvgIpc) is 3.23. The Morgan fingerprint density at radius 1 is 0.455 bits per heavy atom. The Balaban J connectivity index is 1.63. The molecule has 0 aliphatic carbocycles. The van der Waals surface area contributed by atoms with Gasteiger partial charge in [-0.15, -0.1) is 0 Å². The largest absolute Gasteiger partial charge is 0.497 e. The number of benzene rings is 6. The fourth-order valence-corrected chi connectivity index (χ4v) is 5.39. The minimum atomic E-state index is 0.883. The van der Waals surface area contributed by atoms with Crippen molar-refractivity contribution in [1.82, 2.24) is 4.57 Å². The maximum Gasteiger partial charge on any atom is 0.119 e. The molecule has 7 rings (SSSR count). The van der Waals surface area contributed by atoms with Gasteiger partial charge in [0.05, 0.1) is 18.1 Å². The molecule has 0 spiro atoms. The van der Waals surface area contributed by atoms with E-state index in [-0.39, 0.29) is 0 Å². The maximum atomic E-state index is 5.53. The molecule has 156 valence electrons. The van der Waals surface area contributed by atoms with Crippen molar-refractivity contribution in [2.45, 2.75) is 0 Å². The van der Waals surface area contributed by atoms with Crippen molar-refractivity contribution in [2.24, 2.45) is 0 Å². The Bertz CT molecular complexity index is 1790. The lowest BCUT2D eigenvalue weighted by Crippen LogP contribution is -1.94. The van der Waals surface area contributed by atoms with Gasteiger partial charge in [0.15, 0.2) is 0 Å². The van der Waals surface area contributed by atoms with Crippen molar-refractivity contribution in [3.8, 4) is 11.4 Å². The number of ether oxygens (including phenoxy) is 1. The molecule has 0 unspecified atom stereocenters. The quantitative estimate of drug-likeness (QED) is 0.255. The van der Waals surface area contributed by atoms with Crippen LogP contribution in [-0.2, 0) is 0 Å². The Morgan fingerprint density at radius 2 is 0.939 bits per heavy atom. The van der Waals surface area contributed by atoms with Crippen LogP contribution < -0.4 is 4.74 Å². The number of hydrogen-bond donors (Lipinski definition) is 0. The van der Waals surface area contributed by atoms with Crippen LogP contribution in [-0.4, -0.2) is 11.7 Å². The number of para-hydroxylation sites is 2. The van der Waals surface area contributed by atoms with E-state index < -0.39 is 0 Å². The summed E-state index contributed by atoms with van der Waals surface area (Å²) < 4.78 is 7.92. The zero-order chi connectivity index (χ0) is 21.9. The van der Waals surface area contributed by atoms with Gasteiger partial charge in [-0.25, -0.2) is 0 Å². The van der Waals surface area contributed by atoms with Gasteiger partial charge in [-0.1, -0.05) is 72.8 Å². The van der Waals surface area contributed by atoms with E-state index in [9.17, 15) is 0 Å². The average molecular weight is 424 g/mol. The SMILES string of the molecule is COc1ccc2c3ccc(-n4c5ccccc5c5ccccc54)cc3c3ccccc3c2c1. The molecule has 1 heterocycles. The maximum absolute atomic E-state index is 5.53. The van der Waals surface area contributed by atoms with Crippen LogP contribution in [0.25, 0.3) is 59.8 Å². The van der Waals surface area contributed by atoms with Crippen molar-refractivity contribution >= 4 is 54.1 Å². The van der Waals surface area contributed by atoms with Crippen molar-refractivity contribution < 1.29 is 4.74 Å². The van der Waals surface area contributed by atoms with Crippen LogP contribution in [0.3, 0.4) is 0 Å². The number of fused-ring (bicyclic) bond motifs is 9. The van der Waals surface area contributed by atoms with E-state index in [4.69, 9.17) is 4.74 Å². The molecular formula is C31H21NO. The first-order valence-electron chi connectivity index (χ1n) is 11.2. The molecule has 0 atom stereocenters. The second kappa shape index (κ2) is 6.85. The molecule has 0 fully saturated rings. The van der Waals surface area contributed by atoms with Gasteiger partial charge in [0.2, 0.25) is 0 Å². The lowest BCUT2D eigenvalue weighted by atomic mass is 9.94. The first kappa shape index (κ1) is 18.3. The zero-order valence-electron chi connectivity index (χ0n) is 18.2. The number of methoxy groups -OCH3 is 1. The summed E-state index contributed by atoms with van der Waals surface area (Å²) in [5.41, 5.74) is 3.64. The summed E-state index contributed by atoms with van der Waals surface area (Å²) in [5.74, 6) is 0.883. The van der Waals surface area contributed by atoms with Crippen molar-refractivity contribution in [1.29, 1.82) is 0 Å². The van der Waals surface area contributed by atoms with Gasteiger partial charge < -0.3 is 9.30 Å². The van der Waals surface area contributed by atoms with E-state index in [0.29, 0.717) is 0 Å². The summed E-state index contributed by atoms with van der Waals surface area (Å²) in [4.78, 5) is 0. The first-order chi connectivity index (χ1) is 16.3. The third kappa shape index (κ3) is 2.55. The Kier molecular flexibility index (Phi) is 3.80. The van der Waals surface area contributed by atoms with E-state index in [2.05, 4.69) is 114 Å². The number of aromatic nitrogens is 1. The highest BCUT2D eigenvalue weighted by Crippen LogP contribution is 2.39. The van der Waals surface area contributed by atoms with E-state index in [1.165, 1.54) is 59.8 Å². The fraction of sp³-hybridized carbons (Fsp3) is 0.0323. The molecule has 33 heavy (non-hydrogen) atoms. The van der Waals surface area contributed by atoms with Gasteiger partial charge in [0, 0.05) is 16.5 Å². The van der Waals surface area contributed by atoms with Crippen LogP contribution in [0, 0.1) is 0 Å². The molecule has 0 N–H and O–H groups in total. The monoisotopic (exact) mass is 423 g/mol. The second-order valence-electron chi connectivity index (χ2n) is 8.56. The molecule has 0 saturated heterocycles. The number of hydrogen-bond acceptors (Lipinski definition) is 1. The van der Waals surface area contributed by atoms with Gasteiger partial charge in [0.25, 0.3) is 0 Å². The molecule has 1 aromatic heterocycles. The van der Waals surface area contributed by atoms with Gasteiger partial charge in [0.1, 0.15) is 5.75 Å². The molecule has 0 aliphatic heterocycles. The minimum Gasteiger partial charge on any atom is -0.497 e. The highest BCUT2D eigenvalue weighted by molar-refractivity contribution is 6.26.